The van der Waals surface area contributed by atoms with Gasteiger partial charge in [-0.25, -0.2) is 17.9 Å². The van der Waals surface area contributed by atoms with Gasteiger partial charge in [0.2, 0.25) is 21.8 Å². The molecule has 0 atom stereocenters. The summed E-state index contributed by atoms with van der Waals surface area (Å²) in [7, 11) is -3.81. The Morgan fingerprint density at radius 1 is 1.00 bits per heavy atom. The highest BCUT2D eigenvalue weighted by molar-refractivity contribution is 7.89. The fourth-order valence-corrected chi connectivity index (χ4v) is 3.44. The summed E-state index contributed by atoms with van der Waals surface area (Å²) in [6.07, 6.45) is 0. The number of fused-ring (bicyclic) bond motifs is 1. The molecule has 0 aliphatic heterocycles. The van der Waals surface area contributed by atoms with Crippen LogP contribution in [-0.2, 0) is 16.6 Å². The van der Waals surface area contributed by atoms with Crippen LogP contribution in [0.3, 0.4) is 0 Å². The molecule has 2 aromatic heterocycles. The molecule has 0 spiro atoms. The Kier molecular flexibility index (Phi) is 3.90. The fraction of sp³-hybridized carbons (Fsp3) is 0.0625. The molecule has 0 aliphatic carbocycles. The van der Waals surface area contributed by atoms with Crippen LogP contribution < -0.4 is 10.4 Å². The Labute approximate surface area is 147 Å². The first-order valence-electron chi connectivity index (χ1n) is 7.61. The number of aromatic nitrogens is 4. The molecule has 0 fully saturated rings. The molecule has 0 amide bonds. The molecule has 26 heavy (non-hydrogen) atoms. The smallest absolute Gasteiger partial charge is 0.323 e. The molecule has 4 aromatic rings. The van der Waals surface area contributed by atoms with Gasteiger partial charge in [-0.1, -0.05) is 18.2 Å². The molecule has 0 aliphatic rings. The molecule has 132 valence electrons. The highest BCUT2D eigenvalue weighted by atomic mass is 32.2. The number of hydrogen-bond donors (Lipinski definition) is 3. The Balaban J connectivity index is 1.52. The number of nitrogens with one attached hydrogen (secondary N) is 3. The van der Waals surface area contributed by atoms with Gasteiger partial charge in [0.05, 0.1) is 22.5 Å². The van der Waals surface area contributed by atoms with Crippen LogP contribution in [0.2, 0.25) is 0 Å². The van der Waals surface area contributed by atoms with E-state index in [0.717, 1.165) is 5.56 Å². The highest BCUT2D eigenvalue weighted by Gasteiger charge is 2.17. The molecule has 0 saturated carbocycles. The maximum Gasteiger partial charge on any atom is 0.323 e. The minimum absolute atomic E-state index is 0.0167. The summed E-state index contributed by atoms with van der Waals surface area (Å²) < 4.78 is 32.7. The Hall–Kier alpha value is -3.24. The third-order valence-corrected chi connectivity index (χ3v) is 5.10. The van der Waals surface area contributed by atoms with Gasteiger partial charge >= 0.3 is 5.69 Å². The van der Waals surface area contributed by atoms with Crippen LogP contribution in [0.1, 0.15) is 5.89 Å². The minimum Gasteiger partial charge on any atom is -0.419 e. The monoisotopic (exact) mass is 371 g/mol. The minimum atomic E-state index is -3.81. The van der Waals surface area contributed by atoms with Crippen LogP contribution in [0.5, 0.6) is 0 Å². The lowest BCUT2D eigenvalue weighted by atomic mass is 10.2. The zero-order valence-corrected chi connectivity index (χ0v) is 14.1. The summed E-state index contributed by atoms with van der Waals surface area (Å²) in [4.78, 5) is 16.4. The van der Waals surface area contributed by atoms with Crippen molar-refractivity contribution < 1.29 is 12.8 Å². The molecular formula is C16H13N5O4S. The van der Waals surface area contributed by atoms with E-state index in [4.69, 9.17) is 4.42 Å². The van der Waals surface area contributed by atoms with E-state index in [2.05, 4.69) is 24.9 Å². The van der Waals surface area contributed by atoms with Crippen LogP contribution in [0.15, 0.2) is 62.6 Å². The summed E-state index contributed by atoms with van der Waals surface area (Å²) in [6, 6.07) is 13.5. The van der Waals surface area contributed by atoms with E-state index in [1.807, 2.05) is 30.3 Å². The molecule has 0 saturated heterocycles. The highest BCUT2D eigenvalue weighted by Crippen LogP contribution is 2.18. The van der Waals surface area contributed by atoms with Gasteiger partial charge in [-0.3, -0.25) is 0 Å². The lowest BCUT2D eigenvalue weighted by Crippen LogP contribution is -2.23. The first kappa shape index (κ1) is 16.2. The Morgan fingerprint density at radius 2 is 1.77 bits per heavy atom. The van der Waals surface area contributed by atoms with E-state index >= 15 is 0 Å². The van der Waals surface area contributed by atoms with Crippen LogP contribution in [0.4, 0.5) is 0 Å². The van der Waals surface area contributed by atoms with Crippen LogP contribution in [-0.4, -0.2) is 28.6 Å². The molecule has 10 heteroatoms. The van der Waals surface area contributed by atoms with E-state index in [1.165, 1.54) is 18.2 Å². The van der Waals surface area contributed by atoms with Gasteiger partial charge in [0.1, 0.15) is 0 Å². The second kappa shape index (κ2) is 6.24. The maximum atomic E-state index is 12.4. The molecule has 4 rings (SSSR count). The van der Waals surface area contributed by atoms with Crippen LogP contribution in [0.25, 0.3) is 22.5 Å². The zero-order chi connectivity index (χ0) is 18.1. The normalized spacial score (nSPS) is 11.8. The van der Waals surface area contributed by atoms with Crippen molar-refractivity contribution in [1.29, 1.82) is 0 Å². The van der Waals surface area contributed by atoms with E-state index < -0.39 is 15.7 Å². The van der Waals surface area contributed by atoms with Gasteiger partial charge in [-0.05, 0) is 30.3 Å². The van der Waals surface area contributed by atoms with Crippen LogP contribution in [0, 0.1) is 0 Å². The van der Waals surface area contributed by atoms with Gasteiger partial charge in [-0.2, -0.15) is 0 Å². The van der Waals surface area contributed by atoms with E-state index in [0.29, 0.717) is 16.9 Å². The van der Waals surface area contributed by atoms with Gasteiger partial charge in [0, 0.05) is 5.56 Å². The number of nitrogens with zero attached hydrogens (tertiary/aromatic N) is 2. The molecule has 0 radical (unpaired) electrons. The number of hydrogen-bond acceptors (Lipinski definition) is 6. The lowest BCUT2D eigenvalue weighted by Gasteiger charge is -2.04. The number of aromatic amines is 2. The van der Waals surface area contributed by atoms with Crippen molar-refractivity contribution in [2.45, 2.75) is 11.4 Å². The summed E-state index contributed by atoms with van der Waals surface area (Å²) in [5.74, 6) is 0.453. The van der Waals surface area contributed by atoms with Gasteiger partial charge < -0.3 is 14.4 Å². The molecular weight excluding hydrogens is 358 g/mol. The fourth-order valence-electron chi connectivity index (χ4n) is 2.44. The molecule has 0 unspecified atom stereocenters. The number of rotatable bonds is 5. The number of benzene rings is 2. The quantitative estimate of drug-likeness (QED) is 0.485. The third-order valence-electron chi connectivity index (χ3n) is 3.70. The standard InChI is InChI=1S/C16H13N5O4S/c22-16-18-12-7-6-11(8-13(12)19-16)26(23,24)17-9-14-20-21-15(25-14)10-4-2-1-3-5-10/h1-8,17H,9H2,(H2,18,19,22). The zero-order valence-electron chi connectivity index (χ0n) is 13.3. The summed E-state index contributed by atoms with van der Waals surface area (Å²) >= 11 is 0. The van der Waals surface area contributed by atoms with Gasteiger partial charge in [0.25, 0.3) is 0 Å². The SMILES string of the molecule is O=c1[nH]c2ccc(S(=O)(=O)NCc3nnc(-c4ccccc4)o3)cc2[nH]1. The predicted octanol–water partition coefficient (Wildman–Crippen LogP) is 1.38. The number of imidazole rings is 1. The van der Waals surface area contributed by atoms with Crippen molar-refractivity contribution in [1.82, 2.24) is 24.9 Å². The predicted molar refractivity (Wildman–Crippen MR) is 92.7 cm³/mol. The average Bonchev–Trinajstić information content (AvgIpc) is 3.25. The van der Waals surface area contributed by atoms with Crippen molar-refractivity contribution in [2.75, 3.05) is 0 Å². The van der Waals surface area contributed by atoms with Crippen molar-refractivity contribution in [3.8, 4) is 11.5 Å². The Bertz CT molecular complexity index is 1220. The van der Waals surface area contributed by atoms with E-state index in [-0.39, 0.29) is 17.3 Å². The number of sulfonamides is 1. The maximum absolute atomic E-state index is 12.4. The van der Waals surface area contributed by atoms with Crippen molar-refractivity contribution in [3.63, 3.8) is 0 Å². The van der Waals surface area contributed by atoms with Crippen molar-refractivity contribution >= 4 is 21.1 Å². The van der Waals surface area contributed by atoms with Crippen molar-refractivity contribution in [3.05, 3.63) is 64.9 Å². The molecule has 9 nitrogen and oxygen atoms in total. The largest absolute Gasteiger partial charge is 0.419 e. The first-order valence-corrected chi connectivity index (χ1v) is 9.09. The van der Waals surface area contributed by atoms with Gasteiger partial charge in [0.15, 0.2) is 0 Å². The van der Waals surface area contributed by atoms with E-state index in [1.54, 1.807) is 0 Å². The Morgan fingerprint density at radius 3 is 2.58 bits per heavy atom. The first-order chi connectivity index (χ1) is 12.5. The third kappa shape index (κ3) is 3.15. The molecule has 3 N–H and O–H groups in total. The lowest BCUT2D eigenvalue weighted by molar-refractivity contribution is 0.494. The number of H-pyrrole nitrogens is 2. The van der Waals surface area contributed by atoms with Gasteiger partial charge in [-0.15, -0.1) is 10.2 Å². The molecule has 2 aromatic carbocycles. The van der Waals surface area contributed by atoms with Crippen LogP contribution >= 0.6 is 0 Å². The summed E-state index contributed by atoms with van der Waals surface area (Å²) in [5.41, 5.74) is 1.28. The second-order valence-electron chi connectivity index (χ2n) is 5.48. The second-order valence-corrected chi connectivity index (χ2v) is 7.24. The molecule has 0 bridgehead atoms. The topological polar surface area (TPSA) is 134 Å². The summed E-state index contributed by atoms with van der Waals surface area (Å²) in [5, 5.41) is 7.75. The summed E-state index contributed by atoms with van der Waals surface area (Å²) in [6.45, 7) is -0.149. The van der Waals surface area contributed by atoms with Crippen molar-refractivity contribution in [2.24, 2.45) is 0 Å². The van der Waals surface area contributed by atoms with E-state index in [9.17, 15) is 13.2 Å². The average molecular weight is 371 g/mol. The molecule has 2 heterocycles.